The number of carbonyl (C=O) groups is 2. The minimum Gasteiger partial charge on any atom is -0.452 e. The number of anilines is 1. The van der Waals surface area contributed by atoms with Crippen molar-refractivity contribution in [1.29, 1.82) is 0 Å². The molecule has 0 radical (unpaired) electrons. The molecule has 0 aliphatic heterocycles. The average Bonchev–Trinajstić information content (AvgIpc) is 3.48. The maximum Gasteiger partial charge on any atom is 0.340 e. The average molecular weight is 561 g/mol. The summed E-state index contributed by atoms with van der Waals surface area (Å²) < 4.78 is 36.0. The summed E-state index contributed by atoms with van der Waals surface area (Å²) >= 11 is 6.17. The van der Waals surface area contributed by atoms with Crippen LogP contribution >= 0.6 is 11.6 Å². The first kappa shape index (κ1) is 27.5. The molecule has 3 aromatic rings. The molecular formula is C26H29ClN4O6S. The number of aromatic nitrogens is 2. The van der Waals surface area contributed by atoms with Crippen molar-refractivity contribution in [2.24, 2.45) is 7.05 Å². The van der Waals surface area contributed by atoms with Crippen LogP contribution in [0.1, 0.15) is 41.7 Å². The van der Waals surface area contributed by atoms with Crippen LogP contribution in [-0.4, -0.2) is 49.4 Å². The van der Waals surface area contributed by atoms with Crippen LogP contribution in [0.5, 0.6) is 0 Å². The SMILES string of the molecule is Cc1c(N(C)S(=O)(=O)c2ccc(Cl)c(C(=O)OCC(=O)NC3CCCC3)c2)c(=O)n(-c2ccccc2)n1C. The minimum absolute atomic E-state index is 0.0323. The molecule has 1 aliphatic rings. The molecule has 0 bridgehead atoms. The first-order chi connectivity index (χ1) is 18.0. The van der Waals surface area contributed by atoms with E-state index in [1.165, 1.54) is 23.9 Å². The molecule has 1 aromatic heterocycles. The number of nitrogens with one attached hydrogen (secondary N) is 1. The molecule has 1 fully saturated rings. The number of esters is 1. The van der Waals surface area contributed by atoms with Crippen LogP contribution in [0.25, 0.3) is 5.69 Å². The van der Waals surface area contributed by atoms with Crippen LogP contribution in [0.3, 0.4) is 0 Å². The van der Waals surface area contributed by atoms with E-state index in [4.69, 9.17) is 16.3 Å². The normalized spacial score (nSPS) is 13.9. The summed E-state index contributed by atoms with van der Waals surface area (Å²) in [5, 5.41) is 2.78. The van der Waals surface area contributed by atoms with E-state index < -0.39 is 34.1 Å². The molecule has 38 heavy (non-hydrogen) atoms. The molecule has 1 saturated carbocycles. The third-order valence-corrected chi connectivity index (χ3v) is 8.79. The second kappa shape index (κ2) is 11.0. The Morgan fingerprint density at radius 2 is 1.79 bits per heavy atom. The maximum atomic E-state index is 13.5. The number of carbonyl (C=O) groups excluding carboxylic acids is 2. The highest BCUT2D eigenvalue weighted by atomic mass is 35.5. The Morgan fingerprint density at radius 1 is 1.13 bits per heavy atom. The highest BCUT2D eigenvalue weighted by Gasteiger charge is 2.30. The van der Waals surface area contributed by atoms with E-state index in [1.54, 1.807) is 42.9 Å². The second-order valence-electron chi connectivity index (χ2n) is 9.15. The number of hydrogen-bond donors (Lipinski definition) is 1. The van der Waals surface area contributed by atoms with Gasteiger partial charge in [-0.1, -0.05) is 42.6 Å². The van der Waals surface area contributed by atoms with Gasteiger partial charge in [0.2, 0.25) is 0 Å². The number of sulfonamides is 1. The van der Waals surface area contributed by atoms with Crippen molar-refractivity contribution in [2.75, 3.05) is 18.0 Å². The lowest BCUT2D eigenvalue weighted by atomic mass is 10.2. The predicted octanol–water partition coefficient (Wildman–Crippen LogP) is 3.18. The van der Waals surface area contributed by atoms with E-state index in [0.29, 0.717) is 11.4 Å². The molecule has 0 unspecified atom stereocenters. The van der Waals surface area contributed by atoms with E-state index in [1.807, 2.05) is 6.07 Å². The molecule has 1 aliphatic carbocycles. The van der Waals surface area contributed by atoms with E-state index >= 15 is 0 Å². The van der Waals surface area contributed by atoms with Crippen molar-refractivity contribution in [2.45, 2.75) is 43.5 Å². The van der Waals surface area contributed by atoms with Crippen LogP contribution in [0, 0.1) is 6.92 Å². The number of benzene rings is 2. The Morgan fingerprint density at radius 3 is 2.45 bits per heavy atom. The van der Waals surface area contributed by atoms with Gasteiger partial charge in [-0.25, -0.2) is 17.9 Å². The fourth-order valence-corrected chi connectivity index (χ4v) is 6.03. The van der Waals surface area contributed by atoms with Crippen molar-refractivity contribution in [1.82, 2.24) is 14.7 Å². The van der Waals surface area contributed by atoms with Gasteiger partial charge >= 0.3 is 5.97 Å². The van der Waals surface area contributed by atoms with E-state index in [-0.39, 0.29) is 27.2 Å². The van der Waals surface area contributed by atoms with Crippen LogP contribution in [0.2, 0.25) is 5.02 Å². The molecule has 202 valence electrons. The lowest BCUT2D eigenvalue weighted by Gasteiger charge is -2.19. The van der Waals surface area contributed by atoms with Crippen molar-refractivity contribution in [3.8, 4) is 5.69 Å². The Bertz CT molecular complexity index is 1530. The topological polar surface area (TPSA) is 120 Å². The van der Waals surface area contributed by atoms with E-state index in [2.05, 4.69) is 5.32 Å². The van der Waals surface area contributed by atoms with Gasteiger partial charge in [0.1, 0.15) is 5.69 Å². The highest BCUT2D eigenvalue weighted by Crippen LogP contribution is 2.27. The highest BCUT2D eigenvalue weighted by molar-refractivity contribution is 7.92. The van der Waals surface area contributed by atoms with Gasteiger partial charge in [0, 0.05) is 20.1 Å². The van der Waals surface area contributed by atoms with Gasteiger partial charge in [0.15, 0.2) is 6.61 Å². The molecule has 0 atom stereocenters. The van der Waals surface area contributed by atoms with Gasteiger partial charge < -0.3 is 10.1 Å². The summed E-state index contributed by atoms with van der Waals surface area (Å²) in [7, 11) is -1.35. The van der Waals surface area contributed by atoms with Crippen molar-refractivity contribution in [3.05, 3.63) is 75.2 Å². The van der Waals surface area contributed by atoms with Crippen LogP contribution < -0.4 is 15.2 Å². The van der Waals surface area contributed by atoms with Crippen molar-refractivity contribution >= 4 is 39.2 Å². The largest absolute Gasteiger partial charge is 0.452 e. The predicted molar refractivity (Wildman–Crippen MR) is 143 cm³/mol. The van der Waals surface area contributed by atoms with Crippen LogP contribution in [-0.2, 0) is 26.6 Å². The molecule has 0 saturated heterocycles. The first-order valence-corrected chi connectivity index (χ1v) is 13.9. The first-order valence-electron chi connectivity index (χ1n) is 12.1. The Balaban J connectivity index is 1.58. The van der Waals surface area contributed by atoms with Crippen LogP contribution in [0.15, 0.2) is 58.2 Å². The number of halogens is 1. The van der Waals surface area contributed by atoms with Gasteiger partial charge in [-0.2, -0.15) is 0 Å². The third-order valence-electron chi connectivity index (χ3n) is 6.71. The molecule has 1 heterocycles. The molecule has 10 nitrogen and oxygen atoms in total. The number of amides is 1. The zero-order chi connectivity index (χ0) is 27.6. The summed E-state index contributed by atoms with van der Waals surface area (Å²) in [6.45, 7) is 1.13. The van der Waals surface area contributed by atoms with Crippen molar-refractivity contribution < 1.29 is 22.7 Å². The number of nitrogens with zero attached hydrogens (tertiary/aromatic N) is 3. The van der Waals surface area contributed by atoms with Gasteiger partial charge in [-0.15, -0.1) is 0 Å². The van der Waals surface area contributed by atoms with Gasteiger partial charge in [0.25, 0.3) is 21.5 Å². The summed E-state index contributed by atoms with van der Waals surface area (Å²) in [5.74, 6) is -1.36. The number of rotatable bonds is 8. The van der Waals surface area contributed by atoms with Crippen LogP contribution in [0.4, 0.5) is 5.69 Å². The second-order valence-corrected chi connectivity index (χ2v) is 11.5. The summed E-state index contributed by atoms with van der Waals surface area (Å²) in [5.41, 5.74) is 0.227. The summed E-state index contributed by atoms with van der Waals surface area (Å²) in [6, 6.07) is 12.5. The zero-order valence-electron chi connectivity index (χ0n) is 21.3. The standard InChI is InChI=1S/C26H29ClN4O6S/c1-17-24(25(33)31(29(17)2)19-11-5-4-6-12-19)30(3)38(35,36)20-13-14-22(27)21(15-20)26(34)37-16-23(32)28-18-9-7-8-10-18/h4-6,11-15,18H,7-10,16H2,1-3H3,(H,28,32). The molecule has 2 aromatic carbocycles. The maximum absolute atomic E-state index is 13.5. The third kappa shape index (κ3) is 5.34. The number of ether oxygens (including phenoxy) is 1. The van der Waals surface area contributed by atoms with E-state index in [9.17, 15) is 22.8 Å². The molecule has 1 N–H and O–H groups in total. The molecule has 4 rings (SSSR count). The molecule has 12 heteroatoms. The van der Waals surface area contributed by atoms with Gasteiger partial charge in [0.05, 0.1) is 26.9 Å². The fourth-order valence-electron chi connectivity index (χ4n) is 4.56. The monoisotopic (exact) mass is 560 g/mol. The Hall–Kier alpha value is -3.57. The lowest BCUT2D eigenvalue weighted by molar-refractivity contribution is -0.124. The Labute approximate surface area is 225 Å². The molecular weight excluding hydrogens is 532 g/mol. The molecule has 1 amide bonds. The van der Waals surface area contributed by atoms with Gasteiger partial charge in [-0.05, 0) is 50.1 Å². The van der Waals surface area contributed by atoms with Crippen molar-refractivity contribution in [3.63, 3.8) is 0 Å². The summed E-state index contributed by atoms with van der Waals surface area (Å²) in [6.07, 6.45) is 3.85. The zero-order valence-corrected chi connectivity index (χ0v) is 22.9. The Kier molecular flexibility index (Phi) is 7.98. The quantitative estimate of drug-likeness (QED) is 0.423. The lowest BCUT2D eigenvalue weighted by Crippen LogP contribution is -2.36. The van der Waals surface area contributed by atoms with Gasteiger partial charge in [-0.3, -0.25) is 18.6 Å². The smallest absolute Gasteiger partial charge is 0.340 e. The summed E-state index contributed by atoms with van der Waals surface area (Å²) in [4.78, 5) is 37.9. The number of para-hydroxylation sites is 1. The molecule has 0 spiro atoms. The minimum atomic E-state index is -4.28. The fraction of sp³-hybridized carbons (Fsp3) is 0.346. The number of hydrogen-bond acceptors (Lipinski definition) is 6. The van der Waals surface area contributed by atoms with E-state index in [0.717, 1.165) is 36.1 Å².